The molecule has 5 heteroatoms. The van der Waals surface area contributed by atoms with Gasteiger partial charge in [-0.15, -0.1) is 24.8 Å². The van der Waals surface area contributed by atoms with Gasteiger partial charge in [-0.25, -0.2) is 0 Å². The third-order valence-electron chi connectivity index (χ3n) is 1.80. The van der Waals surface area contributed by atoms with Crippen LogP contribution in [0.4, 0.5) is 0 Å². The monoisotopic (exact) mass is 214 g/mol. The lowest BCUT2D eigenvalue weighted by molar-refractivity contribution is -0.127. The first-order chi connectivity index (χ1) is 4.84. The second kappa shape index (κ2) is 7.65. The SMILES string of the molecule is Cl.Cl.NCCCN1CCCC1=O. The number of carbonyl (C=O) groups excluding carboxylic acids is 1. The maximum atomic E-state index is 11.0. The second-order valence-electron chi connectivity index (χ2n) is 2.63. The van der Waals surface area contributed by atoms with Crippen LogP contribution in [0.5, 0.6) is 0 Å². The van der Waals surface area contributed by atoms with Gasteiger partial charge in [0.2, 0.25) is 5.91 Å². The van der Waals surface area contributed by atoms with Crippen molar-refractivity contribution in [3.63, 3.8) is 0 Å². The number of rotatable bonds is 3. The van der Waals surface area contributed by atoms with Gasteiger partial charge in [-0.2, -0.15) is 0 Å². The summed E-state index contributed by atoms with van der Waals surface area (Å²) in [6.45, 7) is 2.48. The lowest BCUT2D eigenvalue weighted by atomic mass is 10.4. The molecule has 1 saturated heterocycles. The Morgan fingerprint density at radius 1 is 1.42 bits per heavy atom. The molecular weight excluding hydrogens is 199 g/mol. The van der Waals surface area contributed by atoms with Crippen LogP contribution in [-0.4, -0.2) is 30.4 Å². The van der Waals surface area contributed by atoms with E-state index in [-0.39, 0.29) is 24.8 Å². The van der Waals surface area contributed by atoms with E-state index in [4.69, 9.17) is 5.73 Å². The number of nitrogens with zero attached hydrogens (tertiary/aromatic N) is 1. The van der Waals surface area contributed by atoms with Gasteiger partial charge < -0.3 is 10.6 Å². The summed E-state index contributed by atoms with van der Waals surface area (Å²) >= 11 is 0. The van der Waals surface area contributed by atoms with E-state index in [0.717, 1.165) is 32.4 Å². The molecule has 3 nitrogen and oxygen atoms in total. The van der Waals surface area contributed by atoms with Gasteiger partial charge in [0.1, 0.15) is 0 Å². The first kappa shape index (κ1) is 14.5. The van der Waals surface area contributed by atoms with E-state index in [9.17, 15) is 4.79 Å². The molecule has 0 aliphatic carbocycles. The van der Waals surface area contributed by atoms with Gasteiger partial charge >= 0.3 is 0 Å². The van der Waals surface area contributed by atoms with Crippen LogP contribution in [0.1, 0.15) is 19.3 Å². The zero-order valence-electron chi connectivity index (χ0n) is 6.99. The standard InChI is InChI=1S/C7H14N2O.2ClH/c8-4-2-6-9-5-1-3-7(9)10;;/h1-6,8H2;2*1H. The Bertz CT molecular complexity index is 133. The molecule has 1 rings (SSSR count). The highest BCUT2D eigenvalue weighted by Gasteiger charge is 2.18. The molecule has 1 aliphatic rings. The van der Waals surface area contributed by atoms with Crippen molar-refractivity contribution in [1.29, 1.82) is 0 Å². The minimum absolute atomic E-state index is 0. The van der Waals surface area contributed by atoms with Gasteiger partial charge in [0.25, 0.3) is 0 Å². The third kappa shape index (κ3) is 4.14. The van der Waals surface area contributed by atoms with Gasteiger partial charge in [0.05, 0.1) is 0 Å². The lowest BCUT2D eigenvalue weighted by Gasteiger charge is -2.13. The molecule has 0 aromatic carbocycles. The van der Waals surface area contributed by atoms with Crippen molar-refractivity contribution < 1.29 is 4.79 Å². The van der Waals surface area contributed by atoms with E-state index in [1.165, 1.54) is 0 Å². The van der Waals surface area contributed by atoms with Crippen molar-refractivity contribution in [3.8, 4) is 0 Å². The predicted octanol–water partition coefficient (Wildman–Crippen LogP) is 0.801. The Hall–Kier alpha value is 0.01000. The van der Waals surface area contributed by atoms with Crippen molar-refractivity contribution in [1.82, 2.24) is 4.90 Å². The maximum absolute atomic E-state index is 11.0. The van der Waals surface area contributed by atoms with Gasteiger partial charge in [0.15, 0.2) is 0 Å². The fourth-order valence-electron chi connectivity index (χ4n) is 1.22. The Balaban J connectivity index is 0. The molecule has 1 heterocycles. The molecule has 1 amide bonds. The molecule has 1 fully saturated rings. The minimum Gasteiger partial charge on any atom is -0.343 e. The Morgan fingerprint density at radius 3 is 2.50 bits per heavy atom. The molecule has 0 aromatic rings. The number of halogens is 2. The number of hydrogen-bond acceptors (Lipinski definition) is 2. The van der Waals surface area contributed by atoms with Crippen LogP contribution in [0, 0.1) is 0 Å². The zero-order chi connectivity index (χ0) is 7.40. The summed E-state index contributed by atoms with van der Waals surface area (Å²) in [6, 6.07) is 0. The lowest BCUT2D eigenvalue weighted by Crippen LogP contribution is -2.27. The fourth-order valence-corrected chi connectivity index (χ4v) is 1.22. The predicted molar refractivity (Wildman–Crippen MR) is 54.0 cm³/mol. The summed E-state index contributed by atoms with van der Waals surface area (Å²) in [6.07, 6.45) is 2.71. The van der Waals surface area contributed by atoms with Gasteiger partial charge in [-0.1, -0.05) is 0 Å². The van der Waals surface area contributed by atoms with Crippen LogP contribution < -0.4 is 5.73 Å². The number of amides is 1. The summed E-state index contributed by atoms with van der Waals surface area (Å²) in [5.41, 5.74) is 5.31. The molecule has 74 valence electrons. The summed E-state index contributed by atoms with van der Waals surface area (Å²) < 4.78 is 0. The summed E-state index contributed by atoms with van der Waals surface area (Å²) in [5, 5.41) is 0. The topological polar surface area (TPSA) is 46.3 Å². The van der Waals surface area contributed by atoms with Crippen molar-refractivity contribution in [3.05, 3.63) is 0 Å². The van der Waals surface area contributed by atoms with Crippen LogP contribution >= 0.6 is 24.8 Å². The molecule has 0 spiro atoms. The van der Waals surface area contributed by atoms with E-state index < -0.39 is 0 Å². The number of nitrogens with two attached hydrogens (primary N) is 1. The molecule has 0 atom stereocenters. The second-order valence-corrected chi connectivity index (χ2v) is 2.63. The first-order valence-electron chi connectivity index (χ1n) is 3.82. The van der Waals surface area contributed by atoms with Crippen molar-refractivity contribution in [2.24, 2.45) is 5.73 Å². The smallest absolute Gasteiger partial charge is 0.222 e. The fraction of sp³-hybridized carbons (Fsp3) is 0.857. The first-order valence-corrected chi connectivity index (χ1v) is 3.82. The average molecular weight is 215 g/mol. The van der Waals surface area contributed by atoms with E-state index in [1.54, 1.807) is 0 Å². The minimum atomic E-state index is 0. The number of carbonyl (C=O) groups is 1. The summed E-state index contributed by atoms with van der Waals surface area (Å²) in [7, 11) is 0. The van der Waals surface area contributed by atoms with Crippen LogP contribution in [0.2, 0.25) is 0 Å². The van der Waals surface area contributed by atoms with E-state index in [2.05, 4.69) is 0 Å². The summed E-state index contributed by atoms with van der Waals surface area (Å²) in [5.74, 6) is 0.299. The highest BCUT2D eigenvalue weighted by Crippen LogP contribution is 2.08. The largest absolute Gasteiger partial charge is 0.343 e. The highest BCUT2D eigenvalue weighted by molar-refractivity contribution is 5.85. The van der Waals surface area contributed by atoms with E-state index >= 15 is 0 Å². The van der Waals surface area contributed by atoms with Crippen molar-refractivity contribution in [2.75, 3.05) is 19.6 Å². The molecular formula is C7H16Cl2N2O. The molecule has 0 saturated carbocycles. The molecule has 2 N–H and O–H groups in total. The van der Waals surface area contributed by atoms with Crippen LogP contribution in [0.3, 0.4) is 0 Å². The Morgan fingerprint density at radius 2 is 2.08 bits per heavy atom. The average Bonchev–Trinajstić information content (AvgIpc) is 2.31. The van der Waals surface area contributed by atoms with Crippen LogP contribution in [-0.2, 0) is 4.79 Å². The molecule has 0 unspecified atom stereocenters. The molecule has 0 bridgehead atoms. The third-order valence-corrected chi connectivity index (χ3v) is 1.80. The quantitative estimate of drug-likeness (QED) is 0.756. The Labute approximate surface area is 85.5 Å². The molecule has 1 aliphatic heterocycles. The van der Waals surface area contributed by atoms with Gasteiger partial charge in [-0.3, -0.25) is 4.79 Å². The van der Waals surface area contributed by atoms with Crippen molar-refractivity contribution in [2.45, 2.75) is 19.3 Å². The molecule has 0 aromatic heterocycles. The van der Waals surface area contributed by atoms with E-state index in [0.29, 0.717) is 12.5 Å². The number of hydrogen-bond donors (Lipinski definition) is 1. The van der Waals surface area contributed by atoms with Gasteiger partial charge in [-0.05, 0) is 19.4 Å². The molecule has 0 radical (unpaired) electrons. The van der Waals surface area contributed by atoms with Crippen LogP contribution in [0.15, 0.2) is 0 Å². The summed E-state index contributed by atoms with van der Waals surface area (Å²) in [4.78, 5) is 12.9. The van der Waals surface area contributed by atoms with Gasteiger partial charge in [0, 0.05) is 19.5 Å². The van der Waals surface area contributed by atoms with Crippen molar-refractivity contribution >= 4 is 30.7 Å². The highest BCUT2D eigenvalue weighted by atomic mass is 35.5. The maximum Gasteiger partial charge on any atom is 0.222 e. The van der Waals surface area contributed by atoms with E-state index in [1.807, 2.05) is 4.90 Å². The zero-order valence-corrected chi connectivity index (χ0v) is 8.62. The number of likely N-dealkylation sites (tertiary alicyclic amines) is 1. The van der Waals surface area contributed by atoms with Crippen LogP contribution in [0.25, 0.3) is 0 Å². The normalized spacial score (nSPS) is 15.4. The Kier molecular flexibility index (Phi) is 9.26. The molecule has 12 heavy (non-hydrogen) atoms.